The molecular formula is C28H25N3O2S. The Bertz CT molecular complexity index is 1350. The Morgan fingerprint density at radius 1 is 0.941 bits per heavy atom. The maximum atomic E-state index is 13.1. The minimum absolute atomic E-state index is 0.0863. The van der Waals surface area contributed by atoms with E-state index in [1.807, 2.05) is 85.8 Å². The second-order valence-electron chi connectivity index (χ2n) is 8.43. The van der Waals surface area contributed by atoms with Gasteiger partial charge in [-0.1, -0.05) is 78.5 Å². The van der Waals surface area contributed by atoms with Crippen LogP contribution in [-0.4, -0.2) is 28.1 Å². The van der Waals surface area contributed by atoms with E-state index in [0.717, 1.165) is 40.6 Å². The van der Waals surface area contributed by atoms with E-state index in [1.54, 1.807) is 6.07 Å². The molecule has 1 saturated carbocycles. The number of hydrogen-bond acceptors (Lipinski definition) is 4. The molecule has 3 aromatic carbocycles. The second kappa shape index (κ2) is 9.69. The minimum atomic E-state index is -0.406. The molecule has 0 saturated heterocycles. The summed E-state index contributed by atoms with van der Waals surface area (Å²) in [4.78, 5) is 30.7. The van der Waals surface area contributed by atoms with Crippen molar-refractivity contribution in [1.29, 1.82) is 0 Å². The summed E-state index contributed by atoms with van der Waals surface area (Å²) in [5.41, 5.74) is 4.12. The van der Waals surface area contributed by atoms with Crippen LogP contribution >= 0.6 is 11.8 Å². The van der Waals surface area contributed by atoms with Crippen molar-refractivity contribution in [3.63, 3.8) is 0 Å². The van der Waals surface area contributed by atoms with Gasteiger partial charge in [-0.15, -0.1) is 0 Å². The van der Waals surface area contributed by atoms with Crippen molar-refractivity contribution >= 4 is 40.2 Å². The van der Waals surface area contributed by atoms with E-state index in [2.05, 4.69) is 10.6 Å². The Hall–Kier alpha value is -3.64. The average Bonchev–Trinajstić information content (AvgIpc) is 3.68. The lowest BCUT2D eigenvalue weighted by Gasteiger charge is -2.16. The number of hydrogen-bond donors (Lipinski definition) is 2. The molecule has 1 aliphatic carbocycles. The average molecular weight is 468 g/mol. The Balaban J connectivity index is 1.36. The molecule has 1 unspecified atom stereocenters. The first-order chi connectivity index (χ1) is 16.6. The predicted octanol–water partition coefficient (Wildman–Crippen LogP) is 5.91. The first kappa shape index (κ1) is 22.2. The number of para-hydroxylation sites is 2. The number of nitrogens with zero attached hydrogens (tertiary/aromatic N) is 1. The van der Waals surface area contributed by atoms with Crippen LogP contribution < -0.4 is 10.6 Å². The molecule has 4 aromatic rings. The van der Waals surface area contributed by atoms with Gasteiger partial charge in [0.25, 0.3) is 5.91 Å². The third-order valence-electron chi connectivity index (χ3n) is 5.79. The fraction of sp³-hybridized carbons (Fsp3) is 0.179. The van der Waals surface area contributed by atoms with Gasteiger partial charge in [0.15, 0.2) is 0 Å². The zero-order valence-electron chi connectivity index (χ0n) is 18.8. The van der Waals surface area contributed by atoms with Gasteiger partial charge in [0.1, 0.15) is 0 Å². The van der Waals surface area contributed by atoms with Crippen molar-refractivity contribution in [2.75, 3.05) is 5.32 Å². The second-order valence-corrected chi connectivity index (χ2v) is 9.79. The Morgan fingerprint density at radius 3 is 2.44 bits per heavy atom. The topological polar surface area (TPSA) is 71.1 Å². The molecule has 0 aliphatic heterocycles. The standard InChI is InChI=1S/C28H25N3O2S/c1-18(27(32)31-24-13-7-5-11-21(24)19-9-3-2-4-10-19)34-26-17-23(28(33)29-20-15-16-20)22-12-6-8-14-25(22)30-26/h2-14,17-18,20H,15-16H2,1H3,(H,29,33)(H,31,32). The van der Waals surface area contributed by atoms with Crippen LogP contribution in [0.1, 0.15) is 30.1 Å². The fourth-order valence-corrected chi connectivity index (χ4v) is 4.69. The van der Waals surface area contributed by atoms with Crippen LogP contribution in [0.15, 0.2) is 90.0 Å². The van der Waals surface area contributed by atoms with Crippen LogP contribution in [0.5, 0.6) is 0 Å². The molecule has 1 aromatic heterocycles. The van der Waals surface area contributed by atoms with E-state index in [1.165, 1.54) is 11.8 Å². The van der Waals surface area contributed by atoms with Crippen LogP contribution in [0.3, 0.4) is 0 Å². The molecule has 0 radical (unpaired) electrons. The fourth-order valence-electron chi connectivity index (χ4n) is 3.82. The van der Waals surface area contributed by atoms with E-state index in [-0.39, 0.29) is 17.9 Å². The van der Waals surface area contributed by atoms with E-state index in [0.29, 0.717) is 10.6 Å². The molecule has 5 nitrogen and oxygen atoms in total. The SMILES string of the molecule is CC(Sc1cc(C(=O)NC2CC2)c2ccccc2n1)C(=O)Nc1ccccc1-c1ccccc1. The number of thioether (sulfide) groups is 1. The first-order valence-electron chi connectivity index (χ1n) is 11.4. The molecule has 170 valence electrons. The number of pyridine rings is 1. The van der Waals surface area contributed by atoms with E-state index in [4.69, 9.17) is 4.98 Å². The zero-order valence-corrected chi connectivity index (χ0v) is 19.6. The number of nitrogens with one attached hydrogen (secondary N) is 2. The molecule has 5 rings (SSSR count). The Labute approximate surface area is 203 Å². The van der Waals surface area contributed by atoms with Crippen molar-refractivity contribution in [3.05, 3.63) is 90.5 Å². The van der Waals surface area contributed by atoms with Gasteiger partial charge >= 0.3 is 0 Å². The summed E-state index contributed by atoms with van der Waals surface area (Å²) in [5, 5.41) is 7.20. The highest BCUT2D eigenvalue weighted by Crippen LogP contribution is 2.31. The maximum absolute atomic E-state index is 13.1. The highest BCUT2D eigenvalue weighted by Gasteiger charge is 2.25. The predicted molar refractivity (Wildman–Crippen MR) is 138 cm³/mol. The van der Waals surface area contributed by atoms with Gasteiger partial charge in [-0.25, -0.2) is 4.98 Å². The van der Waals surface area contributed by atoms with Crippen molar-refractivity contribution in [2.45, 2.75) is 36.1 Å². The summed E-state index contributed by atoms with van der Waals surface area (Å²) in [5.74, 6) is -0.204. The van der Waals surface area contributed by atoms with E-state index < -0.39 is 5.25 Å². The van der Waals surface area contributed by atoms with Crippen LogP contribution in [-0.2, 0) is 4.79 Å². The largest absolute Gasteiger partial charge is 0.349 e. The lowest BCUT2D eigenvalue weighted by atomic mass is 10.0. The molecule has 1 aliphatic rings. The molecule has 34 heavy (non-hydrogen) atoms. The smallest absolute Gasteiger partial charge is 0.252 e. The molecule has 1 fully saturated rings. The number of anilines is 1. The number of aromatic nitrogens is 1. The van der Waals surface area contributed by atoms with Crippen LogP contribution in [0, 0.1) is 0 Å². The molecule has 0 bridgehead atoms. The molecular weight excluding hydrogens is 442 g/mol. The Morgan fingerprint density at radius 2 is 1.65 bits per heavy atom. The number of fused-ring (bicyclic) bond motifs is 1. The quantitative estimate of drug-likeness (QED) is 0.331. The molecule has 2 N–H and O–H groups in total. The minimum Gasteiger partial charge on any atom is -0.349 e. The van der Waals surface area contributed by atoms with Gasteiger partial charge in [-0.2, -0.15) is 0 Å². The van der Waals surface area contributed by atoms with Crippen LogP contribution in [0.25, 0.3) is 22.0 Å². The van der Waals surface area contributed by atoms with Crippen molar-refractivity contribution in [3.8, 4) is 11.1 Å². The molecule has 0 spiro atoms. The van der Waals surface area contributed by atoms with Gasteiger partial charge < -0.3 is 10.6 Å². The van der Waals surface area contributed by atoms with Crippen molar-refractivity contribution in [1.82, 2.24) is 10.3 Å². The molecule has 1 atom stereocenters. The van der Waals surface area contributed by atoms with Gasteiger partial charge in [0.2, 0.25) is 5.91 Å². The highest BCUT2D eigenvalue weighted by molar-refractivity contribution is 8.00. The third-order valence-corrected chi connectivity index (χ3v) is 6.80. The van der Waals surface area contributed by atoms with E-state index >= 15 is 0 Å². The van der Waals surface area contributed by atoms with Crippen molar-refractivity contribution in [2.24, 2.45) is 0 Å². The summed E-state index contributed by atoms with van der Waals surface area (Å²) in [7, 11) is 0. The monoisotopic (exact) mass is 467 g/mol. The van der Waals surface area contributed by atoms with Gasteiger partial charge in [-0.3, -0.25) is 9.59 Å². The first-order valence-corrected chi connectivity index (χ1v) is 12.3. The number of benzene rings is 3. The number of rotatable bonds is 7. The zero-order chi connectivity index (χ0) is 23.5. The Kier molecular flexibility index (Phi) is 6.32. The normalized spacial score (nSPS) is 13.9. The maximum Gasteiger partial charge on any atom is 0.252 e. The number of amides is 2. The van der Waals surface area contributed by atoms with Crippen molar-refractivity contribution < 1.29 is 9.59 Å². The summed E-state index contributed by atoms with van der Waals surface area (Å²) >= 11 is 1.35. The van der Waals surface area contributed by atoms with Crippen LogP contribution in [0.2, 0.25) is 0 Å². The summed E-state index contributed by atoms with van der Waals surface area (Å²) in [6, 6.07) is 27.5. The number of carbonyl (C=O) groups is 2. The highest BCUT2D eigenvalue weighted by atomic mass is 32.2. The molecule has 1 heterocycles. The lowest BCUT2D eigenvalue weighted by Crippen LogP contribution is -2.26. The van der Waals surface area contributed by atoms with E-state index in [9.17, 15) is 9.59 Å². The third kappa shape index (κ3) is 4.97. The molecule has 6 heteroatoms. The van der Waals surface area contributed by atoms with Gasteiger partial charge in [0.05, 0.1) is 21.4 Å². The summed E-state index contributed by atoms with van der Waals surface area (Å²) in [6.45, 7) is 1.85. The summed E-state index contributed by atoms with van der Waals surface area (Å²) < 4.78 is 0. The number of carbonyl (C=O) groups excluding carboxylic acids is 2. The summed E-state index contributed by atoms with van der Waals surface area (Å²) in [6.07, 6.45) is 2.05. The van der Waals surface area contributed by atoms with Gasteiger partial charge in [0, 0.05) is 22.7 Å². The van der Waals surface area contributed by atoms with Gasteiger partial charge in [-0.05, 0) is 43.5 Å². The van der Waals surface area contributed by atoms with Crippen LogP contribution in [0.4, 0.5) is 5.69 Å². The lowest BCUT2D eigenvalue weighted by molar-refractivity contribution is -0.115. The molecule has 2 amide bonds.